The van der Waals surface area contributed by atoms with Crippen molar-refractivity contribution in [3.05, 3.63) is 59.2 Å². The maximum absolute atomic E-state index is 11.6. The van der Waals surface area contributed by atoms with Gasteiger partial charge in [0.2, 0.25) is 10.0 Å². The van der Waals surface area contributed by atoms with Crippen LogP contribution in [0.25, 0.3) is 0 Å². The number of aliphatic imine (C=N–C) groups is 1. The quantitative estimate of drug-likeness (QED) is 0.564. The first kappa shape index (κ1) is 22.0. The lowest BCUT2D eigenvalue weighted by molar-refractivity contribution is 0.372. The monoisotopic (exact) mass is 429 g/mol. The minimum Gasteiger partial charge on any atom is -0.368 e. The van der Waals surface area contributed by atoms with Crippen LogP contribution in [0, 0.1) is 13.8 Å². The molecule has 1 aliphatic rings. The van der Waals surface area contributed by atoms with Gasteiger partial charge in [0.1, 0.15) is 0 Å². The average Bonchev–Trinajstić information content (AvgIpc) is 2.71. The van der Waals surface area contributed by atoms with E-state index in [-0.39, 0.29) is 0 Å². The van der Waals surface area contributed by atoms with Crippen LogP contribution in [0.15, 0.2) is 47.5 Å². The molecule has 0 unspecified atom stereocenters. The van der Waals surface area contributed by atoms with Crippen LogP contribution in [0.1, 0.15) is 16.7 Å². The Labute approximate surface area is 179 Å². The number of rotatable bonds is 5. The van der Waals surface area contributed by atoms with Gasteiger partial charge in [-0.05, 0) is 42.7 Å². The second kappa shape index (κ2) is 9.38. The van der Waals surface area contributed by atoms with Crippen LogP contribution in [0.4, 0.5) is 11.4 Å². The average molecular weight is 430 g/mol. The van der Waals surface area contributed by atoms with Crippen LogP contribution < -0.4 is 14.9 Å². The largest absolute Gasteiger partial charge is 0.368 e. The summed E-state index contributed by atoms with van der Waals surface area (Å²) in [6.07, 6.45) is 1.16. The van der Waals surface area contributed by atoms with E-state index in [1.807, 2.05) is 18.2 Å². The molecule has 3 rings (SSSR count). The van der Waals surface area contributed by atoms with Crippen molar-refractivity contribution in [3.63, 3.8) is 0 Å². The summed E-state index contributed by atoms with van der Waals surface area (Å²) >= 11 is 0. The maximum Gasteiger partial charge on any atom is 0.229 e. The van der Waals surface area contributed by atoms with Crippen LogP contribution in [0.2, 0.25) is 0 Å². The number of hydrogen-bond donors (Lipinski definition) is 2. The highest BCUT2D eigenvalue weighted by Gasteiger charge is 2.21. The summed E-state index contributed by atoms with van der Waals surface area (Å²) in [6, 6.07) is 13.9. The first-order valence-electron chi connectivity index (χ1n) is 10.1. The van der Waals surface area contributed by atoms with Gasteiger partial charge < -0.3 is 15.1 Å². The summed E-state index contributed by atoms with van der Waals surface area (Å²) < 4.78 is 25.8. The smallest absolute Gasteiger partial charge is 0.229 e. The molecule has 0 spiro atoms. The summed E-state index contributed by atoms with van der Waals surface area (Å²) in [5, 5.41) is 3.38. The molecule has 0 aromatic heterocycles. The molecule has 162 valence electrons. The van der Waals surface area contributed by atoms with Crippen molar-refractivity contribution in [3.8, 4) is 0 Å². The SMILES string of the molecule is CN=C(NCc1ccccc1NS(C)(=O)=O)N1CCN(c2cccc(C)c2C)CC1. The Kier molecular flexibility index (Phi) is 6.87. The van der Waals surface area contributed by atoms with E-state index in [4.69, 9.17) is 0 Å². The highest BCUT2D eigenvalue weighted by Crippen LogP contribution is 2.24. The van der Waals surface area contributed by atoms with Crippen LogP contribution in [-0.2, 0) is 16.6 Å². The molecule has 2 aromatic carbocycles. The fourth-order valence-electron chi connectivity index (χ4n) is 3.72. The molecule has 30 heavy (non-hydrogen) atoms. The van der Waals surface area contributed by atoms with E-state index in [1.54, 1.807) is 13.1 Å². The molecule has 1 heterocycles. The molecule has 0 aliphatic carbocycles. The second-order valence-corrected chi connectivity index (χ2v) is 9.37. The van der Waals surface area contributed by atoms with Gasteiger partial charge in [0.05, 0.1) is 11.9 Å². The fraction of sp³-hybridized carbons (Fsp3) is 0.409. The number of nitrogens with zero attached hydrogens (tertiary/aromatic N) is 3. The van der Waals surface area contributed by atoms with Gasteiger partial charge in [0.25, 0.3) is 0 Å². The Bertz CT molecular complexity index is 1010. The van der Waals surface area contributed by atoms with Crippen LogP contribution in [-0.4, -0.2) is 58.8 Å². The van der Waals surface area contributed by atoms with Gasteiger partial charge in [-0.3, -0.25) is 9.71 Å². The lowest BCUT2D eigenvalue weighted by Gasteiger charge is -2.38. The Balaban J connectivity index is 1.62. The molecule has 2 N–H and O–H groups in total. The van der Waals surface area contributed by atoms with E-state index in [0.29, 0.717) is 12.2 Å². The number of nitrogens with one attached hydrogen (secondary N) is 2. The lowest BCUT2D eigenvalue weighted by Crippen LogP contribution is -2.52. The molecule has 8 heteroatoms. The van der Waals surface area contributed by atoms with E-state index in [2.05, 4.69) is 56.9 Å². The second-order valence-electron chi connectivity index (χ2n) is 7.63. The zero-order valence-corrected chi connectivity index (χ0v) is 19.0. The number of para-hydroxylation sites is 1. The molecule has 0 amide bonds. The predicted molar refractivity (Wildman–Crippen MR) is 125 cm³/mol. The summed E-state index contributed by atoms with van der Waals surface area (Å²) in [5.74, 6) is 0.824. The van der Waals surface area contributed by atoms with Gasteiger partial charge in [-0.25, -0.2) is 8.42 Å². The molecule has 1 saturated heterocycles. The van der Waals surface area contributed by atoms with Crippen molar-refractivity contribution >= 4 is 27.4 Å². The molecular formula is C22H31N5O2S. The number of benzene rings is 2. The van der Waals surface area contributed by atoms with Crippen molar-refractivity contribution in [2.45, 2.75) is 20.4 Å². The lowest BCUT2D eigenvalue weighted by atomic mass is 10.1. The number of guanidine groups is 1. The van der Waals surface area contributed by atoms with Gasteiger partial charge in [-0.2, -0.15) is 0 Å². The number of sulfonamides is 1. The van der Waals surface area contributed by atoms with E-state index in [1.165, 1.54) is 16.8 Å². The van der Waals surface area contributed by atoms with Gasteiger partial charge in [0, 0.05) is 45.5 Å². The normalized spacial score (nSPS) is 15.3. The zero-order valence-electron chi connectivity index (χ0n) is 18.1. The van der Waals surface area contributed by atoms with Gasteiger partial charge >= 0.3 is 0 Å². The molecule has 2 aromatic rings. The molecule has 0 atom stereocenters. The third-order valence-corrected chi connectivity index (χ3v) is 6.05. The topological polar surface area (TPSA) is 77.0 Å². The minimum atomic E-state index is -3.33. The standard InChI is InChI=1S/C22H31N5O2S/c1-17-8-7-11-21(18(17)2)26-12-14-27(15-13-26)22(23-3)24-16-19-9-5-6-10-20(19)25-30(4,28)29/h5-11,25H,12-16H2,1-4H3,(H,23,24). The first-order chi connectivity index (χ1) is 14.3. The van der Waals surface area contributed by atoms with Crippen molar-refractivity contribution in [1.29, 1.82) is 0 Å². The summed E-state index contributed by atoms with van der Waals surface area (Å²) in [6.45, 7) is 8.42. The van der Waals surface area contributed by atoms with Gasteiger partial charge in [-0.15, -0.1) is 0 Å². The highest BCUT2D eigenvalue weighted by molar-refractivity contribution is 7.92. The number of piperazine rings is 1. The minimum absolute atomic E-state index is 0.489. The van der Waals surface area contributed by atoms with Crippen molar-refractivity contribution in [2.75, 3.05) is 49.1 Å². The van der Waals surface area contributed by atoms with E-state index >= 15 is 0 Å². The molecule has 1 aliphatic heterocycles. The van der Waals surface area contributed by atoms with Crippen molar-refractivity contribution in [1.82, 2.24) is 10.2 Å². The highest BCUT2D eigenvalue weighted by atomic mass is 32.2. The summed E-state index contributed by atoms with van der Waals surface area (Å²) in [7, 11) is -1.55. The summed E-state index contributed by atoms with van der Waals surface area (Å²) in [5.41, 5.74) is 5.41. The zero-order chi connectivity index (χ0) is 21.7. The Morgan fingerprint density at radius 3 is 2.40 bits per heavy atom. The van der Waals surface area contributed by atoms with Crippen molar-refractivity contribution in [2.24, 2.45) is 4.99 Å². The number of aryl methyl sites for hydroxylation is 1. The number of hydrogen-bond acceptors (Lipinski definition) is 4. The van der Waals surface area contributed by atoms with E-state index < -0.39 is 10.0 Å². The summed E-state index contributed by atoms with van der Waals surface area (Å²) in [4.78, 5) is 9.11. The fourth-order valence-corrected chi connectivity index (χ4v) is 4.32. The molecule has 1 fully saturated rings. The molecule has 0 radical (unpaired) electrons. The Morgan fingerprint density at radius 1 is 1.03 bits per heavy atom. The third-order valence-electron chi connectivity index (χ3n) is 5.46. The predicted octanol–water partition coefficient (Wildman–Crippen LogP) is 2.57. The number of anilines is 2. The molecule has 7 nitrogen and oxygen atoms in total. The maximum atomic E-state index is 11.6. The van der Waals surface area contributed by atoms with Crippen LogP contribution in [0.3, 0.4) is 0 Å². The van der Waals surface area contributed by atoms with Crippen LogP contribution in [0.5, 0.6) is 0 Å². The Hall–Kier alpha value is -2.74. The van der Waals surface area contributed by atoms with Crippen molar-refractivity contribution < 1.29 is 8.42 Å². The molecule has 0 saturated carbocycles. The van der Waals surface area contributed by atoms with Gasteiger partial charge in [-0.1, -0.05) is 30.3 Å². The molecular weight excluding hydrogens is 398 g/mol. The Morgan fingerprint density at radius 2 is 1.73 bits per heavy atom. The first-order valence-corrected chi connectivity index (χ1v) is 12.0. The van der Waals surface area contributed by atoms with E-state index in [9.17, 15) is 8.42 Å². The molecule has 0 bridgehead atoms. The van der Waals surface area contributed by atoms with Crippen LogP contribution >= 0.6 is 0 Å². The van der Waals surface area contributed by atoms with Gasteiger partial charge in [0.15, 0.2) is 5.96 Å². The third kappa shape index (κ3) is 5.44. The van der Waals surface area contributed by atoms with E-state index in [0.717, 1.165) is 44.0 Å².